The van der Waals surface area contributed by atoms with Gasteiger partial charge in [-0.3, -0.25) is 9.89 Å². The Balaban J connectivity index is 1.45. The van der Waals surface area contributed by atoms with Gasteiger partial charge >= 0.3 is 0 Å². The van der Waals surface area contributed by atoms with Crippen molar-refractivity contribution in [1.82, 2.24) is 15.5 Å². The van der Waals surface area contributed by atoms with Crippen LogP contribution in [-0.2, 0) is 13.0 Å². The molecule has 1 fully saturated rings. The largest absolute Gasteiger partial charge is 0.357 e. The maximum atomic E-state index is 4.87. The van der Waals surface area contributed by atoms with E-state index in [-0.39, 0.29) is 0 Å². The standard InChI is InChI=1S/C22H32N4S/c1-2-23-22(24-13-12-19-8-4-3-5-9-19)25-16-20-10-6-14-26(17-20)18-21-11-7-15-27-21/h3-5,7-9,11,15,20H,2,6,10,12-14,16-18H2,1H3,(H2,23,24,25). The molecule has 4 nitrogen and oxygen atoms in total. The molecule has 1 aromatic carbocycles. The highest BCUT2D eigenvalue weighted by molar-refractivity contribution is 7.09. The van der Waals surface area contributed by atoms with E-state index in [9.17, 15) is 0 Å². The van der Waals surface area contributed by atoms with Crippen molar-refractivity contribution in [3.05, 3.63) is 58.3 Å². The molecular weight excluding hydrogens is 352 g/mol. The summed E-state index contributed by atoms with van der Waals surface area (Å²) in [7, 11) is 0. The summed E-state index contributed by atoms with van der Waals surface area (Å²) in [5.41, 5.74) is 1.36. The number of nitrogens with zero attached hydrogens (tertiary/aromatic N) is 2. The van der Waals surface area contributed by atoms with Gasteiger partial charge in [-0.05, 0) is 55.7 Å². The third kappa shape index (κ3) is 7.00. The molecule has 1 aliphatic heterocycles. The lowest BCUT2D eigenvalue weighted by Crippen LogP contribution is -2.40. The molecule has 5 heteroatoms. The third-order valence-electron chi connectivity index (χ3n) is 4.96. The lowest BCUT2D eigenvalue weighted by Gasteiger charge is -2.31. The Kier molecular flexibility index (Phi) is 8.18. The van der Waals surface area contributed by atoms with E-state index < -0.39 is 0 Å². The quantitative estimate of drug-likeness (QED) is 0.538. The summed E-state index contributed by atoms with van der Waals surface area (Å²) in [5, 5.41) is 9.04. The summed E-state index contributed by atoms with van der Waals surface area (Å²) >= 11 is 1.86. The molecule has 0 saturated carbocycles. The average Bonchev–Trinajstić information content (AvgIpc) is 3.20. The van der Waals surface area contributed by atoms with E-state index in [2.05, 4.69) is 70.3 Å². The van der Waals surface area contributed by atoms with Crippen molar-refractivity contribution in [2.45, 2.75) is 32.7 Å². The van der Waals surface area contributed by atoms with Gasteiger partial charge in [0.25, 0.3) is 0 Å². The first-order chi connectivity index (χ1) is 13.3. The lowest BCUT2D eigenvalue weighted by atomic mass is 9.98. The molecule has 1 aliphatic rings. The summed E-state index contributed by atoms with van der Waals surface area (Å²) in [5.74, 6) is 1.60. The van der Waals surface area contributed by atoms with Crippen LogP contribution in [0.2, 0.25) is 0 Å². The van der Waals surface area contributed by atoms with Gasteiger partial charge in [-0.1, -0.05) is 36.4 Å². The van der Waals surface area contributed by atoms with E-state index in [4.69, 9.17) is 4.99 Å². The van der Waals surface area contributed by atoms with Crippen LogP contribution >= 0.6 is 11.3 Å². The topological polar surface area (TPSA) is 39.7 Å². The molecule has 0 aliphatic carbocycles. The zero-order chi connectivity index (χ0) is 18.7. The Bertz CT molecular complexity index is 669. The molecule has 2 N–H and O–H groups in total. The number of likely N-dealkylation sites (tertiary alicyclic amines) is 1. The summed E-state index contributed by atoms with van der Waals surface area (Å²) in [6.45, 7) is 8.29. The van der Waals surface area contributed by atoms with E-state index in [1.165, 1.54) is 29.8 Å². The van der Waals surface area contributed by atoms with Crippen molar-refractivity contribution in [3.8, 4) is 0 Å². The minimum atomic E-state index is 0.656. The van der Waals surface area contributed by atoms with Crippen LogP contribution in [0.4, 0.5) is 0 Å². The first kappa shape index (κ1) is 19.9. The van der Waals surface area contributed by atoms with Gasteiger partial charge in [0.1, 0.15) is 0 Å². The number of rotatable bonds is 8. The van der Waals surface area contributed by atoms with Crippen LogP contribution in [0.3, 0.4) is 0 Å². The summed E-state index contributed by atoms with van der Waals surface area (Å²) in [4.78, 5) is 8.93. The fraction of sp³-hybridized carbons (Fsp3) is 0.500. The number of piperidine rings is 1. The molecule has 1 saturated heterocycles. The van der Waals surface area contributed by atoms with Crippen LogP contribution < -0.4 is 10.6 Å². The van der Waals surface area contributed by atoms with Crippen LogP contribution in [0.5, 0.6) is 0 Å². The fourth-order valence-electron chi connectivity index (χ4n) is 3.60. The molecule has 1 unspecified atom stereocenters. The highest BCUT2D eigenvalue weighted by atomic mass is 32.1. The van der Waals surface area contributed by atoms with Crippen molar-refractivity contribution in [3.63, 3.8) is 0 Å². The molecule has 146 valence electrons. The van der Waals surface area contributed by atoms with E-state index in [0.29, 0.717) is 5.92 Å². The summed E-state index contributed by atoms with van der Waals surface area (Å²) < 4.78 is 0. The molecule has 0 bridgehead atoms. The van der Waals surface area contributed by atoms with E-state index in [1.807, 2.05) is 11.3 Å². The molecular formula is C22H32N4S. The maximum Gasteiger partial charge on any atom is 0.191 e. The van der Waals surface area contributed by atoms with Gasteiger partial charge in [-0.15, -0.1) is 11.3 Å². The second-order valence-electron chi connectivity index (χ2n) is 7.20. The van der Waals surface area contributed by atoms with Crippen LogP contribution in [0, 0.1) is 5.92 Å². The number of nitrogens with one attached hydrogen (secondary N) is 2. The normalized spacial score (nSPS) is 18.4. The summed E-state index contributed by atoms with van der Waals surface area (Å²) in [6, 6.07) is 15.0. The fourth-order valence-corrected chi connectivity index (χ4v) is 4.35. The second kappa shape index (κ2) is 11.1. The maximum absolute atomic E-state index is 4.87. The SMILES string of the molecule is CCNC(=NCC1CCCN(Cc2cccs2)C1)NCCc1ccccc1. The molecule has 2 heterocycles. The molecule has 0 amide bonds. The van der Waals surface area contributed by atoms with Gasteiger partial charge in [-0.25, -0.2) is 0 Å². The molecule has 0 radical (unpaired) electrons. The van der Waals surface area contributed by atoms with Crippen LogP contribution in [-0.4, -0.2) is 43.6 Å². The Hall–Kier alpha value is -1.85. The zero-order valence-corrected chi connectivity index (χ0v) is 17.2. The number of hydrogen-bond acceptors (Lipinski definition) is 3. The molecule has 27 heavy (non-hydrogen) atoms. The summed E-state index contributed by atoms with van der Waals surface area (Å²) in [6.07, 6.45) is 3.58. The van der Waals surface area contributed by atoms with E-state index in [0.717, 1.165) is 45.1 Å². The lowest BCUT2D eigenvalue weighted by molar-refractivity contribution is 0.172. The van der Waals surface area contributed by atoms with Crippen LogP contribution in [0.15, 0.2) is 52.8 Å². The Morgan fingerprint density at radius 3 is 2.85 bits per heavy atom. The number of thiophene rings is 1. The average molecular weight is 385 g/mol. The molecule has 0 spiro atoms. The van der Waals surface area contributed by atoms with Crippen molar-refractivity contribution >= 4 is 17.3 Å². The third-order valence-corrected chi connectivity index (χ3v) is 5.82. The van der Waals surface area contributed by atoms with E-state index >= 15 is 0 Å². The van der Waals surface area contributed by atoms with E-state index in [1.54, 1.807) is 0 Å². The van der Waals surface area contributed by atoms with Crippen molar-refractivity contribution in [1.29, 1.82) is 0 Å². The molecule has 2 aromatic rings. The molecule has 3 rings (SSSR count). The highest BCUT2D eigenvalue weighted by Gasteiger charge is 2.20. The Morgan fingerprint density at radius 2 is 2.07 bits per heavy atom. The first-order valence-corrected chi connectivity index (χ1v) is 11.0. The van der Waals surface area contributed by atoms with Crippen molar-refractivity contribution in [2.24, 2.45) is 10.9 Å². The predicted molar refractivity (Wildman–Crippen MR) is 116 cm³/mol. The van der Waals surface area contributed by atoms with Gasteiger partial charge < -0.3 is 10.6 Å². The van der Waals surface area contributed by atoms with Gasteiger partial charge in [0.15, 0.2) is 5.96 Å². The van der Waals surface area contributed by atoms with Gasteiger partial charge in [0.2, 0.25) is 0 Å². The van der Waals surface area contributed by atoms with Crippen molar-refractivity contribution < 1.29 is 0 Å². The first-order valence-electron chi connectivity index (χ1n) is 10.1. The second-order valence-corrected chi connectivity index (χ2v) is 8.24. The Labute approximate surface area is 167 Å². The number of guanidine groups is 1. The van der Waals surface area contributed by atoms with Crippen LogP contribution in [0.1, 0.15) is 30.2 Å². The monoisotopic (exact) mass is 384 g/mol. The van der Waals surface area contributed by atoms with Crippen molar-refractivity contribution in [2.75, 3.05) is 32.7 Å². The molecule has 1 atom stereocenters. The predicted octanol–water partition coefficient (Wildman–Crippen LogP) is 3.76. The minimum Gasteiger partial charge on any atom is -0.357 e. The van der Waals surface area contributed by atoms with Crippen LogP contribution in [0.25, 0.3) is 0 Å². The zero-order valence-electron chi connectivity index (χ0n) is 16.4. The number of aliphatic imine (C=N–C) groups is 1. The number of benzene rings is 1. The minimum absolute atomic E-state index is 0.656. The van der Waals surface area contributed by atoms with Gasteiger partial charge in [0.05, 0.1) is 0 Å². The van der Waals surface area contributed by atoms with Gasteiger partial charge in [0, 0.05) is 37.6 Å². The number of hydrogen-bond donors (Lipinski definition) is 2. The Morgan fingerprint density at radius 1 is 1.19 bits per heavy atom. The highest BCUT2D eigenvalue weighted by Crippen LogP contribution is 2.20. The smallest absolute Gasteiger partial charge is 0.191 e. The van der Waals surface area contributed by atoms with Gasteiger partial charge in [-0.2, -0.15) is 0 Å². The molecule has 1 aromatic heterocycles.